The quantitative estimate of drug-likeness (QED) is 0.756. The van der Waals surface area contributed by atoms with E-state index in [0.29, 0.717) is 11.3 Å². The molecule has 3 rings (SSSR count). The number of pyridine rings is 1. The van der Waals surface area contributed by atoms with E-state index in [1.54, 1.807) is 13.0 Å². The van der Waals surface area contributed by atoms with Gasteiger partial charge in [0.1, 0.15) is 0 Å². The smallest absolute Gasteiger partial charge is 0.268 e. The number of halogens is 3. The molecular weight excluding hydrogens is 363 g/mol. The molecule has 0 saturated heterocycles. The molecule has 0 saturated carbocycles. The maximum absolute atomic E-state index is 12.6. The zero-order valence-electron chi connectivity index (χ0n) is 14.1. The average Bonchev–Trinajstić information content (AvgIpc) is 2.97. The predicted octanol–water partition coefficient (Wildman–Crippen LogP) is 2.20. The monoisotopic (exact) mass is 377 g/mol. The van der Waals surface area contributed by atoms with E-state index in [1.165, 1.54) is 35.1 Å². The van der Waals surface area contributed by atoms with Crippen LogP contribution in [-0.4, -0.2) is 25.6 Å². The molecule has 3 aromatic rings. The first-order chi connectivity index (χ1) is 12.8. The lowest BCUT2D eigenvalue weighted by Crippen LogP contribution is -2.32. The summed E-state index contributed by atoms with van der Waals surface area (Å²) in [6.45, 7) is 1.75. The van der Waals surface area contributed by atoms with E-state index in [2.05, 4.69) is 15.7 Å². The number of nitrogens with one attached hydrogen (secondary N) is 1. The molecule has 0 unspecified atom stereocenters. The predicted molar refractivity (Wildman–Crippen MR) is 89.7 cm³/mol. The summed E-state index contributed by atoms with van der Waals surface area (Å²) in [5.74, 6) is -0.625. The molecule has 0 radical (unpaired) electrons. The molecule has 27 heavy (non-hydrogen) atoms. The molecule has 0 aliphatic heterocycles. The molecule has 0 fully saturated rings. The van der Waals surface area contributed by atoms with Crippen LogP contribution in [0.4, 0.5) is 13.2 Å². The van der Waals surface area contributed by atoms with Crippen molar-refractivity contribution in [1.82, 2.24) is 19.7 Å². The van der Waals surface area contributed by atoms with E-state index < -0.39 is 23.2 Å². The molecule has 7 nitrogen and oxygen atoms in total. The van der Waals surface area contributed by atoms with Crippen LogP contribution in [0.5, 0.6) is 0 Å². The fourth-order valence-corrected chi connectivity index (χ4v) is 2.37. The number of hydrogen-bond acceptors (Lipinski definition) is 4. The highest BCUT2D eigenvalue weighted by molar-refractivity contribution is 5.99. The van der Waals surface area contributed by atoms with Gasteiger partial charge in [0.15, 0.2) is 5.69 Å². The third-order valence-electron chi connectivity index (χ3n) is 3.86. The molecule has 0 spiro atoms. The Hall–Kier alpha value is -3.43. The molecule has 1 N–H and O–H groups in total. The Morgan fingerprint density at radius 2 is 1.85 bits per heavy atom. The van der Waals surface area contributed by atoms with Crippen molar-refractivity contribution in [3.63, 3.8) is 0 Å². The standard InChI is InChI=1S/C17H14F3N5O2/c1-11-15(16(27)22-24-9-3-2-4-14(24)26)21-23-25(11)10-12-5-7-13(8-6-12)17(18,19)20/h2-9H,10H2,1H3,(H,22,27). The van der Waals surface area contributed by atoms with Gasteiger partial charge in [0.05, 0.1) is 17.8 Å². The van der Waals surface area contributed by atoms with Crippen LogP contribution in [0.1, 0.15) is 27.3 Å². The number of carbonyl (C=O) groups is 1. The molecule has 140 valence electrons. The molecule has 0 bridgehead atoms. The van der Waals surface area contributed by atoms with Crippen molar-refractivity contribution in [2.45, 2.75) is 19.6 Å². The lowest BCUT2D eigenvalue weighted by atomic mass is 10.1. The van der Waals surface area contributed by atoms with E-state index >= 15 is 0 Å². The van der Waals surface area contributed by atoms with Gasteiger partial charge in [-0.3, -0.25) is 15.0 Å². The summed E-state index contributed by atoms with van der Waals surface area (Å²) < 4.78 is 40.2. The first kappa shape index (κ1) is 18.4. The van der Waals surface area contributed by atoms with E-state index in [0.717, 1.165) is 16.8 Å². The van der Waals surface area contributed by atoms with E-state index in [4.69, 9.17) is 0 Å². The highest BCUT2D eigenvalue weighted by Gasteiger charge is 2.30. The third-order valence-corrected chi connectivity index (χ3v) is 3.86. The topological polar surface area (TPSA) is 81.8 Å². The van der Waals surface area contributed by atoms with Crippen LogP contribution in [-0.2, 0) is 12.7 Å². The Kier molecular flexibility index (Phi) is 4.80. The van der Waals surface area contributed by atoms with Gasteiger partial charge in [0, 0.05) is 12.3 Å². The summed E-state index contributed by atoms with van der Waals surface area (Å²) >= 11 is 0. The van der Waals surface area contributed by atoms with Gasteiger partial charge in [-0.1, -0.05) is 23.4 Å². The fourth-order valence-electron chi connectivity index (χ4n) is 2.37. The Balaban J connectivity index is 1.76. The minimum Gasteiger partial charge on any atom is -0.268 e. The molecule has 2 aromatic heterocycles. The van der Waals surface area contributed by atoms with Gasteiger partial charge in [0.25, 0.3) is 11.5 Å². The van der Waals surface area contributed by atoms with Crippen molar-refractivity contribution in [1.29, 1.82) is 0 Å². The van der Waals surface area contributed by atoms with Crippen molar-refractivity contribution in [2.75, 3.05) is 5.43 Å². The highest BCUT2D eigenvalue weighted by Crippen LogP contribution is 2.29. The lowest BCUT2D eigenvalue weighted by Gasteiger charge is -2.08. The number of alkyl halides is 3. The van der Waals surface area contributed by atoms with Crippen LogP contribution in [0.15, 0.2) is 53.5 Å². The second-order valence-corrected chi connectivity index (χ2v) is 5.73. The number of aromatic nitrogens is 4. The normalized spacial score (nSPS) is 11.4. The zero-order valence-corrected chi connectivity index (χ0v) is 14.1. The Morgan fingerprint density at radius 1 is 1.15 bits per heavy atom. The average molecular weight is 377 g/mol. The fraction of sp³-hybridized carbons (Fsp3) is 0.176. The van der Waals surface area contributed by atoms with Gasteiger partial charge >= 0.3 is 6.18 Å². The molecule has 2 heterocycles. The van der Waals surface area contributed by atoms with E-state index in [9.17, 15) is 22.8 Å². The largest absolute Gasteiger partial charge is 0.416 e. The minimum atomic E-state index is -4.40. The molecule has 0 atom stereocenters. The van der Waals surface area contributed by atoms with Crippen molar-refractivity contribution in [3.05, 3.63) is 81.5 Å². The molecule has 0 aliphatic carbocycles. The van der Waals surface area contributed by atoms with Crippen molar-refractivity contribution >= 4 is 5.91 Å². The highest BCUT2D eigenvalue weighted by atomic mass is 19.4. The van der Waals surface area contributed by atoms with Crippen LogP contribution < -0.4 is 11.0 Å². The van der Waals surface area contributed by atoms with Crippen LogP contribution in [0.2, 0.25) is 0 Å². The summed E-state index contributed by atoms with van der Waals surface area (Å²) in [5, 5.41) is 7.66. The lowest BCUT2D eigenvalue weighted by molar-refractivity contribution is -0.137. The summed E-state index contributed by atoms with van der Waals surface area (Å²) in [4.78, 5) is 23.9. The zero-order chi connectivity index (χ0) is 19.6. The minimum absolute atomic E-state index is 0.0117. The number of amides is 1. The Bertz CT molecular complexity index is 1020. The van der Waals surface area contributed by atoms with Crippen molar-refractivity contribution < 1.29 is 18.0 Å². The summed E-state index contributed by atoms with van der Waals surface area (Å²) in [5.41, 5.74) is 2.23. The first-order valence-corrected chi connectivity index (χ1v) is 7.81. The molecule has 10 heteroatoms. The van der Waals surface area contributed by atoms with Gasteiger partial charge in [-0.05, 0) is 30.7 Å². The van der Waals surface area contributed by atoms with Gasteiger partial charge < -0.3 is 0 Å². The van der Waals surface area contributed by atoms with Gasteiger partial charge in [-0.2, -0.15) is 13.2 Å². The van der Waals surface area contributed by atoms with Crippen molar-refractivity contribution in [2.24, 2.45) is 0 Å². The molecule has 0 aliphatic rings. The van der Waals surface area contributed by atoms with Gasteiger partial charge in [0.2, 0.25) is 0 Å². The van der Waals surface area contributed by atoms with Crippen LogP contribution in [0, 0.1) is 6.92 Å². The number of benzene rings is 1. The number of rotatable bonds is 4. The number of hydrogen-bond donors (Lipinski definition) is 1. The Labute approximate surface area is 151 Å². The number of carbonyl (C=O) groups excluding carboxylic acids is 1. The van der Waals surface area contributed by atoms with E-state index in [1.807, 2.05) is 0 Å². The van der Waals surface area contributed by atoms with E-state index in [-0.39, 0.29) is 12.2 Å². The molecular formula is C17H14F3N5O2. The van der Waals surface area contributed by atoms with Crippen LogP contribution in [0.3, 0.4) is 0 Å². The summed E-state index contributed by atoms with van der Waals surface area (Å²) in [6, 6.07) is 9.05. The second kappa shape index (κ2) is 7.06. The van der Waals surface area contributed by atoms with Gasteiger partial charge in [-0.25, -0.2) is 9.36 Å². The van der Waals surface area contributed by atoms with Gasteiger partial charge in [-0.15, -0.1) is 5.10 Å². The number of nitrogens with zero attached hydrogens (tertiary/aromatic N) is 4. The summed E-state index contributed by atoms with van der Waals surface area (Å²) in [7, 11) is 0. The second-order valence-electron chi connectivity index (χ2n) is 5.73. The third kappa shape index (κ3) is 4.05. The first-order valence-electron chi connectivity index (χ1n) is 7.81. The maximum atomic E-state index is 12.6. The van der Waals surface area contributed by atoms with Crippen molar-refractivity contribution in [3.8, 4) is 0 Å². The van der Waals surface area contributed by atoms with Crippen LogP contribution in [0.25, 0.3) is 0 Å². The molecule has 1 amide bonds. The Morgan fingerprint density at radius 3 is 2.48 bits per heavy atom. The molecule has 1 aromatic carbocycles. The summed E-state index contributed by atoms with van der Waals surface area (Å²) in [6.07, 6.45) is -3.01. The SMILES string of the molecule is Cc1c(C(=O)Nn2ccccc2=O)nnn1Cc1ccc(C(F)(F)F)cc1. The maximum Gasteiger partial charge on any atom is 0.416 e. The van der Waals surface area contributed by atoms with Crippen LogP contribution >= 0.6 is 0 Å².